The van der Waals surface area contributed by atoms with Gasteiger partial charge in [-0.25, -0.2) is 0 Å². The molecule has 0 spiro atoms. The van der Waals surface area contributed by atoms with Crippen molar-refractivity contribution in [2.75, 3.05) is 0 Å². The summed E-state index contributed by atoms with van der Waals surface area (Å²) in [5.74, 6) is 0.460. The van der Waals surface area contributed by atoms with Gasteiger partial charge in [-0.3, -0.25) is 4.79 Å². The number of Topliss-reactive ketones (excluding diaryl/α,β-unsaturated/α-hetero) is 1. The third-order valence-corrected chi connectivity index (χ3v) is 2.68. The minimum Gasteiger partial charge on any atom is -0.299 e. The second-order valence-electron chi connectivity index (χ2n) is 2.73. The summed E-state index contributed by atoms with van der Waals surface area (Å²) in [6, 6.07) is 0. The van der Waals surface area contributed by atoms with Crippen LogP contribution >= 0.6 is 25.3 Å². The quantitative estimate of drug-likeness (QED) is 0.461. The number of ketones is 1. The summed E-state index contributed by atoms with van der Waals surface area (Å²) >= 11 is 8.29. The zero-order valence-corrected chi connectivity index (χ0v) is 7.57. The van der Waals surface area contributed by atoms with Crippen LogP contribution in [-0.4, -0.2) is 10.4 Å². The van der Waals surface area contributed by atoms with E-state index in [1.165, 1.54) is 0 Å². The SMILES string of the molecule is O=C1CCCCC1C(S)S. The molecule has 1 unspecified atom stereocenters. The Labute approximate surface area is 72.4 Å². The van der Waals surface area contributed by atoms with E-state index >= 15 is 0 Å². The van der Waals surface area contributed by atoms with E-state index in [1.807, 2.05) is 0 Å². The zero-order chi connectivity index (χ0) is 7.56. The van der Waals surface area contributed by atoms with Crippen molar-refractivity contribution in [2.45, 2.75) is 30.3 Å². The second kappa shape index (κ2) is 3.67. The van der Waals surface area contributed by atoms with E-state index < -0.39 is 0 Å². The van der Waals surface area contributed by atoms with Crippen LogP contribution in [0.1, 0.15) is 25.7 Å². The third-order valence-electron chi connectivity index (χ3n) is 1.96. The van der Waals surface area contributed by atoms with Crippen molar-refractivity contribution < 1.29 is 4.79 Å². The van der Waals surface area contributed by atoms with E-state index in [-0.39, 0.29) is 10.5 Å². The summed E-state index contributed by atoms with van der Waals surface area (Å²) in [5.41, 5.74) is 0. The molecule has 0 aromatic heterocycles. The van der Waals surface area contributed by atoms with Crippen LogP contribution in [0.25, 0.3) is 0 Å². The molecule has 3 heteroatoms. The molecule has 0 aromatic carbocycles. The molecule has 1 nitrogen and oxygen atoms in total. The van der Waals surface area contributed by atoms with Crippen molar-refractivity contribution in [3.8, 4) is 0 Å². The molecule has 1 atom stereocenters. The fourth-order valence-corrected chi connectivity index (χ4v) is 1.96. The molecule has 0 aliphatic heterocycles. The lowest BCUT2D eigenvalue weighted by atomic mass is 9.89. The van der Waals surface area contributed by atoms with Crippen LogP contribution in [0.2, 0.25) is 0 Å². The molecule has 1 saturated carbocycles. The van der Waals surface area contributed by atoms with Crippen molar-refractivity contribution in [1.82, 2.24) is 0 Å². The highest BCUT2D eigenvalue weighted by Crippen LogP contribution is 2.27. The summed E-state index contributed by atoms with van der Waals surface area (Å²) in [5, 5.41) is 0. The summed E-state index contributed by atoms with van der Waals surface area (Å²) < 4.78 is -0.0483. The summed E-state index contributed by atoms with van der Waals surface area (Å²) in [6.07, 6.45) is 3.94. The predicted molar refractivity (Wildman–Crippen MR) is 48.7 cm³/mol. The molecule has 0 N–H and O–H groups in total. The standard InChI is InChI=1S/C7H12OS2/c8-6-4-2-1-3-5(6)7(9)10/h5,7,9-10H,1-4H2. The molecule has 10 heavy (non-hydrogen) atoms. The predicted octanol–water partition coefficient (Wildman–Crippen LogP) is 1.93. The van der Waals surface area contributed by atoms with Crippen molar-refractivity contribution >= 4 is 31.0 Å². The first-order chi connectivity index (χ1) is 4.72. The van der Waals surface area contributed by atoms with Crippen LogP contribution < -0.4 is 0 Å². The molecule has 1 fully saturated rings. The van der Waals surface area contributed by atoms with Gasteiger partial charge < -0.3 is 0 Å². The van der Waals surface area contributed by atoms with Gasteiger partial charge in [0.2, 0.25) is 0 Å². The zero-order valence-electron chi connectivity index (χ0n) is 5.79. The van der Waals surface area contributed by atoms with Gasteiger partial charge in [-0.1, -0.05) is 6.42 Å². The average Bonchev–Trinajstić information content (AvgIpc) is 1.88. The van der Waals surface area contributed by atoms with Gasteiger partial charge in [-0.15, -0.1) is 0 Å². The van der Waals surface area contributed by atoms with E-state index in [0.29, 0.717) is 5.78 Å². The highest BCUT2D eigenvalue weighted by atomic mass is 32.2. The van der Waals surface area contributed by atoms with Gasteiger partial charge in [0, 0.05) is 12.3 Å². The molecule has 0 saturated heterocycles. The largest absolute Gasteiger partial charge is 0.299 e. The maximum Gasteiger partial charge on any atom is 0.137 e. The molecule has 0 radical (unpaired) electrons. The van der Waals surface area contributed by atoms with Crippen LogP contribution in [0.5, 0.6) is 0 Å². The maximum absolute atomic E-state index is 11.1. The van der Waals surface area contributed by atoms with Crippen LogP contribution in [0.4, 0.5) is 0 Å². The lowest BCUT2D eigenvalue weighted by Gasteiger charge is -2.22. The minimum absolute atomic E-state index is 0.0483. The second-order valence-corrected chi connectivity index (χ2v) is 4.25. The van der Waals surface area contributed by atoms with Crippen LogP contribution in [0.15, 0.2) is 0 Å². The smallest absolute Gasteiger partial charge is 0.137 e. The van der Waals surface area contributed by atoms with Gasteiger partial charge in [0.1, 0.15) is 5.78 Å². The third kappa shape index (κ3) is 1.92. The molecule has 1 aliphatic carbocycles. The Hall–Kier alpha value is 0.370. The number of carbonyl (C=O) groups is 1. The number of thiol groups is 2. The van der Waals surface area contributed by atoms with Gasteiger partial charge in [-0.05, 0) is 12.8 Å². The lowest BCUT2D eigenvalue weighted by molar-refractivity contribution is -0.123. The molecule has 1 rings (SSSR count). The molecule has 1 aliphatic rings. The van der Waals surface area contributed by atoms with Crippen LogP contribution in [0.3, 0.4) is 0 Å². The normalized spacial score (nSPS) is 27.5. The Morgan fingerprint density at radius 1 is 1.40 bits per heavy atom. The first-order valence-corrected chi connectivity index (χ1v) is 4.64. The Kier molecular flexibility index (Phi) is 3.11. The number of carbonyl (C=O) groups excluding carboxylic acids is 1. The van der Waals surface area contributed by atoms with Gasteiger partial charge in [0.25, 0.3) is 0 Å². The van der Waals surface area contributed by atoms with Crippen molar-refractivity contribution in [3.63, 3.8) is 0 Å². The van der Waals surface area contributed by atoms with Crippen molar-refractivity contribution in [3.05, 3.63) is 0 Å². The maximum atomic E-state index is 11.1. The van der Waals surface area contributed by atoms with Crippen LogP contribution in [-0.2, 0) is 4.79 Å². The first-order valence-electron chi connectivity index (χ1n) is 3.60. The van der Waals surface area contributed by atoms with Crippen molar-refractivity contribution in [1.29, 1.82) is 0 Å². The number of rotatable bonds is 1. The molecule has 0 bridgehead atoms. The van der Waals surface area contributed by atoms with E-state index in [4.69, 9.17) is 0 Å². The Bertz CT molecular complexity index is 134. The lowest BCUT2D eigenvalue weighted by Crippen LogP contribution is -2.24. The number of hydrogen-bond acceptors (Lipinski definition) is 3. The van der Waals surface area contributed by atoms with Crippen molar-refractivity contribution in [2.24, 2.45) is 5.92 Å². The fourth-order valence-electron chi connectivity index (χ4n) is 1.33. The van der Waals surface area contributed by atoms with E-state index in [1.54, 1.807) is 0 Å². The van der Waals surface area contributed by atoms with E-state index in [2.05, 4.69) is 25.3 Å². The summed E-state index contributed by atoms with van der Waals surface area (Å²) in [6.45, 7) is 0. The number of hydrogen-bond donors (Lipinski definition) is 2. The molecule has 58 valence electrons. The minimum atomic E-state index is -0.0483. The highest BCUT2D eigenvalue weighted by Gasteiger charge is 2.25. The molecule has 0 amide bonds. The van der Waals surface area contributed by atoms with Gasteiger partial charge >= 0.3 is 0 Å². The topological polar surface area (TPSA) is 17.1 Å². The molecular formula is C7H12OS2. The van der Waals surface area contributed by atoms with E-state index in [0.717, 1.165) is 25.7 Å². The Morgan fingerprint density at radius 3 is 2.50 bits per heavy atom. The Balaban J connectivity index is 2.48. The highest BCUT2D eigenvalue weighted by molar-refractivity contribution is 7.99. The fraction of sp³-hybridized carbons (Fsp3) is 0.857. The monoisotopic (exact) mass is 176 g/mol. The van der Waals surface area contributed by atoms with Crippen LogP contribution in [0, 0.1) is 5.92 Å². The van der Waals surface area contributed by atoms with E-state index in [9.17, 15) is 4.79 Å². The average molecular weight is 176 g/mol. The summed E-state index contributed by atoms with van der Waals surface area (Å²) in [4.78, 5) is 11.1. The molecule has 0 heterocycles. The summed E-state index contributed by atoms with van der Waals surface area (Å²) in [7, 11) is 0. The molecule has 0 aromatic rings. The van der Waals surface area contributed by atoms with Gasteiger partial charge in [0.15, 0.2) is 0 Å². The van der Waals surface area contributed by atoms with Gasteiger partial charge in [-0.2, -0.15) is 25.3 Å². The van der Waals surface area contributed by atoms with Gasteiger partial charge in [0.05, 0.1) is 4.58 Å². The first kappa shape index (κ1) is 8.47. The Morgan fingerprint density at radius 2 is 2.10 bits per heavy atom. The molecular weight excluding hydrogens is 164 g/mol.